The van der Waals surface area contributed by atoms with E-state index in [0.29, 0.717) is 23.7 Å². The van der Waals surface area contributed by atoms with Gasteiger partial charge in [0, 0.05) is 5.46 Å². The van der Waals surface area contributed by atoms with Gasteiger partial charge in [-0.2, -0.15) is 0 Å². The van der Waals surface area contributed by atoms with E-state index in [-0.39, 0.29) is 0 Å². The fourth-order valence-corrected chi connectivity index (χ4v) is 2.48. The summed E-state index contributed by atoms with van der Waals surface area (Å²) in [6.45, 7) is 4.88. The molecule has 4 heteroatoms. The average molecular weight is 272 g/mol. The van der Waals surface area contributed by atoms with Gasteiger partial charge in [-0.05, 0) is 29.2 Å². The highest BCUT2D eigenvalue weighted by atomic mass is 16.5. The second-order valence-corrected chi connectivity index (χ2v) is 5.28. The Morgan fingerprint density at radius 3 is 2.60 bits per heavy atom. The van der Waals surface area contributed by atoms with Gasteiger partial charge in [-0.25, -0.2) is 0 Å². The van der Waals surface area contributed by atoms with Crippen LogP contribution in [0.5, 0.6) is 5.75 Å². The molecule has 2 N–H and O–H groups in total. The number of hydrogen-bond acceptors (Lipinski definition) is 3. The molecule has 0 heterocycles. The van der Waals surface area contributed by atoms with Gasteiger partial charge in [-0.1, -0.05) is 50.6 Å². The zero-order valence-corrected chi connectivity index (χ0v) is 12.0. The molecule has 2 aromatic rings. The zero-order chi connectivity index (χ0) is 14.5. The molecule has 1 atom stereocenters. The molecule has 0 fully saturated rings. The first-order valence-corrected chi connectivity index (χ1v) is 7.14. The van der Waals surface area contributed by atoms with Gasteiger partial charge in [0.25, 0.3) is 0 Å². The maximum atomic E-state index is 9.65. The second kappa shape index (κ2) is 6.77. The summed E-state index contributed by atoms with van der Waals surface area (Å²) in [4.78, 5) is 0. The van der Waals surface area contributed by atoms with Gasteiger partial charge in [-0.3, -0.25) is 0 Å². The fraction of sp³-hybridized carbons (Fsp3) is 0.375. The molecule has 0 aliphatic carbocycles. The van der Waals surface area contributed by atoms with Crippen molar-refractivity contribution in [2.45, 2.75) is 26.7 Å². The molecule has 0 bridgehead atoms. The van der Waals surface area contributed by atoms with Gasteiger partial charge in [0.2, 0.25) is 0 Å². The van der Waals surface area contributed by atoms with Crippen molar-refractivity contribution in [1.82, 2.24) is 0 Å². The van der Waals surface area contributed by atoms with E-state index in [1.807, 2.05) is 36.4 Å². The lowest BCUT2D eigenvalue weighted by Gasteiger charge is -2.16. The monoisotopic (exact) mass is 272 g/mol. The van der Waals surface area contributed by atoms with E-state index < -0.39 is 7.12 Å². The van der Waals surface area contributed by atoms with Crippen LogP contribution in [0.3, 0.4) is 0 Å². The maximum Gasteiger partial charge on any atom is 0.492 e. The highest BCUT2D eigenvalue weighted by Crippen LogP contribution is 2.20. The summed E-state index contributed by atoms with van der Waals surface area (Å²) in [5.74, 6) is 1.01. The lowest BCUT2D eigenvalue weighted by Crippen LogP contribution is -2.32. The van der Waals surface area contributed by atoms with E-state index in [1.165, 1.54) is 0 Å². The normalized spacial score (nSPS) is 12.4. The molecule has 3 nitrogen and oxygen atoms in total. The van der Waals surface area contributed by atoms with Crippen molar-refractivity contribution in [2.75, 3.05) is 6.61 Å². The molecule has 0 aliphatic rings. The molecular formula is C16H21BO3. The van der Waals surface area contributed by atoms with Gasteiger partial charge < -0.3 is 14.8 Å². The molecule has 0 aliphatic heterocycles. The summed E-state index contributed by atoms with van der Waals surface area (Å²) in [5, 5.41) is 21.1. The quantitative estimate of drug-likeness (QED) is 0.793. The summed E-state index contributed by atoms with van der Waals surface area (Å²) in [5.41, 5.74) is 0.451. The minimum Gasteiger partial charge on any atom is -0.494 e. The van der Waals surface area contributed by atoms with E-state index in [9.17, 15) is 10.0 Å². The third-order valence-corrected chi connectivity index (χ3v) is 3.49. The summed E-state index contributed by atoms with van der Waals surface area (Å²) >= 11 is 0. The molecule has 0 spiro atoms. The first-order chi connectivity index (χ1) is 9.63. The fourth-order valence-electron chi connectivity index (χ4n) is 2.48. The van der Waals surface area contributed by atoms with E-state index >= 15 is 0 Å². The topological polar surface area (TPSA) is 49.7 Å². The molecule has 0 amide bonds. The van der Waals surface area contributed by atoms with Gasteiger partial charge in [0.1, 0.15) is 5.75 Å². The highest BCUT2D eigenvalue weighted by Gasteiger charge is 2.20. The molecule has 1 unspecified atom stereocenters. The lowest BCUT2D eigenvalue weighted by atomic mass is 9.76. The van der Waals surface area contributed by atoms with Gasteiger partial charge in [0.05, 0.1) is 6.61 Å². The Labute approximate surface area is 120 Å². The lowest BCUT2D eigenvalue weighted by molar-refractivity contribution is 0.252. The van der Waals surface area contributed by atoms with Crippen LogP contribution in [0.4, 0.5) is 0 Å². The minimum atomic E-state index is -1.53. The van der Waals surface area contributed by atoms with E-state index in [1.54, 1.807) is 0 Å². The summed E-state index contributed by atoms with van der Waals surface area (Å²) < 4.78 is 5.80. The number of rotatable bonds is 6. The van der Waals surface area contributed by atoms with Gasteiger partial charge >= 0.3 is 7.12 Å². The molecule has 0 saturated heterocycles. The first-order valence-electron chi connectivity index (χ1n) is 7.14. The minimum absolute atomic E-state index is 0.451. The number of hydrogen-bond donors (Lipinski definition) is 2. The van der Waals surface area contributed by atoms with Crippen LogP contribution in [0.2, 0.25) is 0 Å². The SMILES string of the molecule is CCCC(C)COc1ccc2ccccc2c1B(O)O. The number of ether oxygens (including phenoxy) is 1. The average Bonchev–Trinajstić information content (AvgIpc) is 2.44. The van der Waals surface area contributed by atoms with Crippen LogP contribution in [0.1, 0.15) is 26.7 Å². The van der Waals surface area contributed by atoms with Crippen LogP contribution in [0.25, 0.3) is 10.8 Å². The predicted octanol–water partition coefficient (Wildman–Crippen LogP) is 2.33. The molecule has 0 aromatic heterocycles. The van der Waals surface area contributed by atoms with Crippen LogP contribution in [-0.2, 0) is 0 Å². The van der Waals surface area contributed by atoms with Crippen LogP contribution < -0.4 is 10.2 Å². The molecule has 20 heavy (non-hydrogen) atoms. The van der Waals surface area contributed by atoms with E-state index in [4.69, 9.17) is 4.74 Å². The number of benzene rings is 2. The predicted molar refractivity (Wildman–Crippen MR) is 83.3 cm³/mol. The van der Waals surface area contributed by atoms with Crippen molar-refractivity contribution in [3.05, 3.63) is 36.4 Å². The Morgan fingerprint density at radius 2 is 1.90 bits per heavy atom. The Kier molecular flexibility index (Phi) is 5.04. The van der Waals surface area contributed by atoms with Crippen LogP contribution in [-0.4, -0.2) is 23.8 Å². The standard InChI is InChI=1S/C16H21BO3/c1-3-6-12(2)11-20-15-10-9-13-7-4-5-8-14(13)16(15)17(18)19/h4-5,7-10,12,18-19H,3,6,11H2,1-2H3. The van der Waals surface area contributed by atoms with Crippen molar-refractivity contribution < 1.29 is 14.8 Å². The zero-order valence-electron chi connectivity index (χ0n) is 12.0. The summed E-state index contributed by atoms with van der Waals surface area (Å²) in [7, 11) is -1.53. The third-order valence-electron chi connectivity index (χ3n) is 3.49. The summed E-state index contributed by atoms with van der Waals surface area (Å²) in [6, 6.07) is 11.4. The van der Waals surface area contributed by atoms with Crippen molar-refractivity contribution in [3.8, 4) is 5.75 Å². The van der Waals surface area contributed by atoms with E-state index in [0.717, 1.165) is 23.6 Å². The molecule has 0 saturated carbocycles. The van der Waals surface area contributed by atoms with E-state index in [2.05, 4.69) is 13.8 Å². The van der Waals surface area contributed by atoms with Gasteiger partial charge in [0.15, 0.2) is 0 Å². The van der Waals surface area contributed by atoms with Crippen molar-refractivity contribution in [2.24, 2.45) is 5.92 Å². The maximum absolute atomic E-state index is 9.65. The molecule has 2 aromatic carbocycles. The molecular weight excluding hydrogens is 251 g/mol. The van der Waals surface area contributed by atoms with Crippen molar-refractivity contribution >= 4 is 23.4 Å². The first kappa shape index (κ1) is 14.9. The van der Waals surface area contributed by atoms with Crippen LogP contribution >= 0.6 is 0 Å². The van der Waals surface area contributed by atoms with Crippen molar-refractivity contribution in [3.63, 3.8) is 0 Å². The third kappa shape index (κ3) is 3.32. The van der Waals surface area contributed by atoms with Crippen LogP contribution in [0, 0.1) is 5.92 Å². The Hall–Kier alpha value is -1.52. The highest BCUT2D eigenvalue weighted by molar-refractivity contribution is 6.63. The second-order valence-electron chi connectivity index (χ2n) is 5.28. The van der Waals surface area contributed by atoms with Crippen LogP contribution in [0.15, 0.2) is 36.4 Å². The molecule has 2 rings (SSSR count). The smallest absolute Gasteiger partial charge is 0.492 e. The number of fused-ring (bicyclic) bond motifs is 1. The molecule has 0 radical (unpaired) electrons. The molecule has 106 valence electrons. The van der Waals surface area contributed by atoms with Gasteiger partial charge in [-0.15, -0.1) is 0 Å². The van der Waals surface area contributed by atoms with Crippen molar-refractivity contribution in [1.29, 1.82) is 0 Å². The Morgan fingerprint density at radius 1 is 1.15 bits per heavy atom. The Bertz CT molecular complexity index is 569. The summed E-state index contributed by atoms with van der Waals surface area (Å²) in [6.07, 6.45) is 2.22. The Balaban J connectivity index is 2.30. The largest absolute Gasteiger partial charge is 0.494 e.